The zero-order valence-corrected chi connectivity index (χ0v) is 17.5. The third-order valence-electron chi connectivity index (χ3n) is 3.77. The Hall–Kier alpha value is -4.76. The predicted octanol–water partition coefficient (Wildman–Crippen LogP) is 3.59. The second-order valence-corrected chi connectivity index (χ2v) is 5.85. The number of hydrogen-bond donors (Lipinski definition) is 2. The van der Waals surface area contributed by atoms with Crippen LogP contribution >= 0.6 is 0 Å². The van der Waals surface area contributed by atoms with Crippen molar-refractivity contribution in [3.8, 4) is 29.4 Å². The molecule has 172 valence electrons. The maximum Gasteiger partial charge on any atom is 0.348 e. The van der Waals surface area contributed by atoms with E-state index in [0.717, 1.165) is 0 Å². The summed E-state index contributed by atoms with van der Waals surface area (Å²) >= 11 is 0. The van der Waals surface area contributed by atoms with E-state index >= 15 is 0 Å². The first kappa shape index (κ1) is 28.2. The summed E-state index contributed by atoms with van der Waals surface area (Å²) in [6, 6.07) is 14.1. The number of benzene rings is 2. The van der Waals surface area contributed by atoms with Gasteiger partial charge in [-0.1, -0.05) is 25.6 Å². The van der Waals surface area contributed by atoms with Crippen molar-refractivity contribution in [3.63, 3.8) is 0 Å². The van der Waals surface area contributed by atoms with E-state index in [1.54, 1.807) is 30.3 Å². The third-order valence-corrected chi connectivity index (χ3v) is 3.77. The van der Waals surface area contributed by atoms with Gasteiger partial charge >= 0.3 is 11.9 Å². The summed E-state index contributed by atoms with van der Waals surface area (Å²) < 4.78 is 13.8. The van der Waals surface area contributed by atoms with E-state index in [0.29, 0.717) is 11.1 Å². The van der Waals surface area contributed by atoms with Crippen LogP contribution in [0.2, 0.25) is 0 Å². The summed E-state index contributed by atoms with van der Waals surface area (Å²) in [4.78, 5) is 22.2. The lowest BCUT2D eigenvalue weighted by Crippen LogP contribution is -2.02. The summed E-state index contributed by atoms with van der Waals surface area (Å²) in [6.07, 6.45) is 2.75. The van der Waals surface area contributed by atoms with Crippen molar-refractivity contribution < 1.29 is 34.0 Å². The Morgan fingerprint density at radius 3 is 1.70 bits per heavy atom. The number of hydrogen-bond acceptors (Lipinski definition) is 9. The Balaban J connectivity index is 0.000000607. The van der Waals surface area contributed by atoms with Crippen molar-refractivity contribution in [2.75, 3.05) is 21.3 Å². The molecule has 9 heteroatoms. The van der Waals surface area contributed by atoms with Gasteiger partial charge in [0.1, 0.15) is 29.0 Å². The fraction of sp³-hybridized carbons (Fsp3) is 0.167. The number of phenols is 2. The summed E-state index contributed by atoms with van der Waals surface area (Å²) in [7, 11) is 3.82. The molecule has 0 heterocycles. The van der Waals surface area contributed by atoms with Crippen LogP contribution in [0.3, 0.4) is 0 Å². The van der Waals surface area contributed by atoms with Crippen molar-refractivity contribution in [1.29, 1.82) is 10.5 Å². The molecule has 2 N–H and O–H groups in total. The highest BCUT2D eigenvalue weighted by Gasteiger charge is 2.10. The molecule has 0 radical (unpaired) electrons. The quantitative estimate of drug-likeness (QED) is 0.394. The summed E-state index contributed by atoms with van der Waals surface area (Å²) in [6.45, 7) is 0. The molecule has 33 heavy (non-hydrogen) atoms. The molecule has 9 nitrogen and oxygen atoms in total. The monoisotopic (exact) mass is 452 g/mol. The van der Waals surface area contributed by atoms with Gasteiger partial charge in [0, 0.05) is 0 Å². The average molecular weight is 452 g/mol. The van der Waals surface area contributed by atoms with Crippen molar-refractivity contribution in [3.05, 3.63) is 64.7 Å². The maximum atomic E-state index is 11.2. The number of aromatic hydroxyl groups is 2. The number of carbonyl (C=O) groups excluding carboxylic acids is 2. The van der Waals surface area contributed by atoms with Crippen LogP contribution in [0.5, 0.6) is 17.2 Å². The number of rotatable bonds is 5. The van der Waals surface area contributed by atoms with E-state index in [1.807, 2.05) is 0 Å². The van der Waals surface area contributed by atoms with Crippen molar-refractivity contribution >= 4 is 24.1 Å². The number of methoxy groups -OCH3 is 3. The van der Waals surface area contributed by atoms with Crippen LogP contribution in [-0.2, 0) is 19.1 Å². The van der Waals surface area contributed by atoms with Crippen LogP contribution in [0.4, 0.5) is 0 Å². The van der Waals surface area contributed by atoms with Gasteiger partial charge < -0.3 is 24.4 Å². The SMILES string of the molecule is C.COC(=O)/C(C#N)=C/c1ccc(O)cc1.COC(=O)C(C#N)=Cc1ccc(O)c(OC)c1. The van der Waals surface area contributed by atoms with Gasteiger partial charge in [-0.2, -0.15) is 10.5 Å². The summed E-state index contributed by atoms with van der Waals surface area (Å²) in [5.41, 5.74) is 1.000. The van der Waals surface area contributed by atoms with Crippen molar-refractivity contribution in [2.45, 2.75) is 7.43 Å². The Morgan fingerprint density at radius 1 is 0.818 bits per heavy atom. The first-order valence-electron chi connectivity index (χ1n) is 8.85. The van der Waals surface area contributed by atoms with Gasteiger partial charge in [0.2, 0.25) is 0 Å². The van der Waals surface area contributed by atoms with Gasteiger partial charge in [-0.05, 0) is 47.5 Å². The van der Waals surface area contributed by atoms with Crippen molar-refractivity contribution in [2.24, 2.45) is 0 Å². The number of ether oxygens (including phenoxy) is 3. The number of phenolic OH excluding ortho intramolecular Hbond substituents is 2. The molecule has 0 amide bonds. The van der Waals surface area contributed by atoms with E-state index in [4.69, 9.17) is 20.4 Å². The Kier molecular flexibility index (Phi) is 12.2. The van der Waals surface area contributed by atoms with Gasteiger partial charge in [-0.3, -0.25) is 0 Å². The predicted molar refractivity (Wildman–Crippen MR) is 121 cm³/mol. The molecule has 0 spiro atoms. The van der Waals surface area contributed by atoms with Crippen LogP contribution < -0.4 is 4.74 Å². The molecule has 0 aromatic heterocycles. The minimum Gasteiger partial charge on any atom is -0.508 e. The molecule has 0 bridgehead atoms. The Bertz CT molecular complexity index is 1110. The number of nitriles is 2. The zero-order valence-electron chi connectivity index (χ0n) is 17.5. The van der Waals surface area contributed by atoms with Crippen molar-refractivity contribution in [1.82, 2.24) is 0 Å². The maximum absolute atomic E-state index is 11.2. The van der Waals surface area contributed by atoms with Crippen LogP contribution in [0, 0.1) is 22.7 Å². The second-order valence-electron chi connectivity index (χ2n) is 5.85. The normalized spacial score (nSPS) is 10.2. The molecule has 0 fully saturated rings. The number of carbonyl (C=O) groups is 2. The molecule has 2 aromatic carbocycles. The second kappa shape index (κ2) is 14.3. The van der Waals surface area contributed by atoms with E-state index in [-0.39, 0.29) is 35.8 Å². The van der Waals surface area contributed by atoms with E-state index in [9.17, 15) is 14.7 Å². The summed E-state index contributed by atoms with van der Waals surface area (Å²) in [5.74, 6) is -1.00. The molecule has 0 unspecified atom stereocenters. The Labute approximate surface area is 192 Å². The number of esters is 2. The fourth-order valence-corrected chi connectivity index (χ4v) is 2.18. The smallest absolute Gasteiger partial charge is 0.348 e. The lowest BCUT2D eigenvalue weighted by molar-refractivity contribution is -0.136. The molecule has 0 atom stereocenters. The standard InChI is InChI=1S/C12H11NO4.C11H9NO3.CH4/c1-16-11-6-8(3-4-10(11)14)5-9(7-13)12(15)17-2;1-15-11(14)9(7-12)6-8-2-4-10(13)5-3-8;/h3-6,14H,1-2H3;2-6,13H,1H3;1H4/b;9-6+;. The first-order chi connectivity index (χ1) is 15.3. The minimum absolute atomic E-state index is 0. The molecule has 0 aliphatic carbocycles. The molecule has 2 aromatic rings. The summed E-state index contributed by atoms with van der Waals surface area (Å²) in [5, 5.41) is 35.9. The molecule has 0 aliphatic heterocycles. The van der Waals surface area contributed by atoms with E-state index in [1.165, 1.54) is 57.7 Å². The molecule has 0 saturated carbocycles. The highest BCUT2D eigenvalue weighted by molar-refractivity contribution is 5.98. The lowest BCUT2D eigenvalue weighted by atomic mass is 10.1. The largest absolute Gasteiger partial charge is 0.508 e. The minimum atomic E-state index is -0.709. The van der Waals surface area contributed by atoms with Crippen LogP contribution in [0.1, 0.15) is 18.6 Å². The highest BCUT2D eigenvalue weighted by Crippen LogP contribution is 2.27. The average Bonchev–Trinajstić information content (AvgIpc) is 2.82. The zero-order chi connectivity index (χ0) is 24.1. The molecule has 0 saturated heterocycles. The number of nitrogens with zero attached hydrogens (tertiary/aromatic N) is 2. The molecular formula is C24H24N2O7. The van der Waals surface area contributed by atoms with Crippen LogP contribution in [-0.4, -0.2) is 43.5 Å². The Morgan fingerprint density at radius 2 is 1.27 bits per heavy atom. The van der Waals surface area contributed by atoms with Gasteiger partial charge in [0.15, 0.2) is 11.5 Å². The molecule has 2 rings (SSSR count). The molecule has 0 aliphatic rings. The van der Waals surface area contributed by atoms with E-state index in [2.05, 4.69) is 9.47 Å². The van der Waals surface area contributed by atoms with Gasteiger partial charge in [0.25, 0.3) is 0 Å². The van der Waals surface area contributed by atoms with Crippen LogP contribution in [0.15, 0.2) is 53.6 Å². The fourth-order valence-electron chi connectivity index (χ4n) is 2.18. The molecular weight excluding hydrogens is 428 g/mol. The lowest BCUT2D eigenvalue weighted by Gasteiger charge is -2.04. The van der Waals surface area contributed by atoms with E-state index < -0.39 is 11.9 Å². The van der Waals surface area contributed by atoms with Gasteiger partial charge in [-0.15, -0.1) is 0 Å². The first-order valence-corrected chi connectivity index (χ1v) is 8.85. The topological polar surface area (TPSA) is 150 Å². The van der Waals surface area contributed by atoms with Crippen LogP contribution in [0.25, 0.3) is 12.2 Å². The van der Waals surface area contributed by atoms with Gasteiger partial charge in [0.05, 0.1) is 21.3 Å². The van der Waals surface area contributed by atoms with Gasteiger partial charge in [-0.25, -0.2) is 9.59 Å². The highest BCUT2D eigenvalue weighted by atomic mass is 16.5. The third kappa shape index (κ3) is 8.87.